The van der Waals surface area contributed by atoms with E-state index in [2.05, 4.69) is 20.3 Å². The zero-order chi connectivity index (χ0) is 15.7. The number of hydrogen-bond acceptors (Lipinski definition) is 4. The lowest BCUT2D eigenvalue weighted by atomic mass is 10.2. The summed E-state index contributed by atoms with van der Waals surface area (Å²) in [4.78, 5) is 11.4. The molecule has 0 unspecified atom stereocenters. The molecule has 2 aromatic heterocycles. The first-order valence-corrected chi connectivity index (χ1v) is 6.49. The number of fused-ring (bicyclic) bond motifs is 1. The monoisotopic (exact) mass is 307 g/mol. The largest absolute Gasteiger partial charge is 0.435 e. The van der Waals surface area contributed by atoms with Crippen LogP contribution in [0.4, 0.5) is 19.1 Å². The normalized spacial score (nSPS) is 11.8. The maximum atomic E-state index is 13.1. The van der Waals surface area contributed by atoms with Crippen molar-refractivity contribution in [3.05, 3.63) is 47.9 Å². The molecule has 0 bridgehead atoms. The predicted molar refractivity (Wildman–Crippen MR) is 75.1 cm³/mol. The van der Waals surface area contributed by atoms with E-state index in [0.717, 1.165) is 5.56 Å². The fraction of sp³-hybridized carbons (Fsp3) is 0.214. The highest BCUT2D eigenvalue weighted by Gasteiger charge is 2.37. The Hall–Kier alpha value is -2.64. The van der Waals surface area contributed by atoms with E-state index in [1.807, 2.05) is 30.3 Å². The fourth-order valence-electron chi connectivity index (χ4n) is 2.06. The van der Waals surface area contributed by atoms with Gasteiger partial charge in [0.2, 0.25) is 5.95 Å². The van der Waals surface area contributed by atoms with Crippen molar-refractivity contribution in [3.63, 3.8) is 0 Å². The highest BCUT2D eigenvalue weighted by molar-refractivity contribution is 5.75. The maximum absolute atomic E-state index is 13.1. The van der Waals surface area contributed by atoms with Crippen molar-refractivity contribution in [2.45, 2.75) is 12.7 Å². The highest BCUT2D eigenvalue weighted by atomic mass is 19.4. The lowest BCUT2D eigenvalue weighted by molar-refractivity contribution is -0.139. The molecular weight excluding hydrogens is 295 g/mol. The second-order valence-electron chi connectivity index (χ2n) is 4.76. The second kappa shape index (κ2) is 5.28. The van der Waals surface area contributed by atoms with Gasteiger partial charge in [-0.2, -0.15) is 18.2 Å². The van der Waals surface area contributed by atoms with Gasteiger partial charge >= 0.3 is 6.18 Å². The summed E-state index contributed by atoms with van der Waals surface area (Å²) in [5.41, 5.74) is -0.225. The molecule has 22 heavy (non-hydrogen) atoms. The van der Waals surface area contributed by atoms with E-state index >= 15 is 0 Å². The van der Waals surface area contributed by atoms with Crippen molar-refractivity contribution in [3.8, 4) is 0 Å². The summed E-state index contributed by atoms with van der Waals surface area (Å²) < 4.78 is 40.7. The number of imidazole rings is 1. The molecule has 0 radical (unpaired) electrons. The molecular formula is C14H12F3N5. The van der Waals surface area contributed by atoms with Crippen LogP contribution in [0.25, 0.3) is 11.2 Å². The van der Waals surface area contributed by atoms with Gasteiger partial charge in [-0.05, 0) is 5.56 Å². The van der Waals surface area contributed by atoms with Crippen molar-refractivity contribution in [2.75, 3.05) is 5.32 Å². The molecule has 0 aliphatic rings. The number of halogens is 3. The van der Waals surface area contributed by atoms with Crippen LogP contribution in [-0.2, 0) is 19.8 Å². The SMILES string of the molecule is Cn1cnc2c(C(F)(F)F)nc(NCc3ccccc3)nc21. The summed E-state index contributed by atoms with van der Waals surface area (Å²) >= 11 is 0. The van der Waals surface area contributed by atoms with Crippen molar-refractivity contribution >= 4 is 17.1 Å². The van der Waals surface area contributed by atoms with E-state index in [9.17, 15) is 13.2 Å². The Balaban J connectivity index is 1.98. The first-order valence-electron chi connectivity index (χ1n) is 6.49. The van der Waals surface area contributed by atoms with Crippen molar-refractivity contribution in [1.82, 2.24) is 19.5 Å². The number of benzene rings is 1. The van der Waals surface area contributed by atoms with Crippen molar-refractivity contribution in [2.24, 2.45) is 7.05 Å². The number of hydrogen-bond donors (Lipinski definition) is 1. The second-order valence-corrected chi connectivity index (χ2v) is 4.76. The molecule has 5 nitrogen and oxygen atoms in total. The van der Waals surface area contributed by atoms with Crippen LogP contribution in [0.2, 0.25) is 0 Å². The first kappa shape index (κ1) is 14.3. The Kier molecular flexibility index (Phi) is 3.44. The predicted octanol–water partition coefficient (Wildman–Crippen LogP) is 2.99. The minimum Gasteiger partial charge on any atom is -0.350 e. The van der Waals surface area contributed by atoms with Gasteiger partial charge in [0, 0.05) is 13.6 Å². The number of nitrogens with zero attached hydrogens (tertiary/aromatic N) is 4. The summed E-state index contributed by atoms with van der Waals surface area (Å²) in [5, 5.41) is 2.82. The van der Waals surface area contributed by atoms with Gasteiger partial charge in [0.1, 0.15) is 5.52 Å². The van der Waals surface area contributed by atoms with E-state index in [-0.39, 0.29) is 17.1 Å². The van der Waals surface area contributed by atoms with Crippen LogP contribution in [0, 0.1) is 0 Å². The van der Waals surface area contributed by atoms with Crippen LogP contribution in [0.1, 0.15) is 11.3 Å². The molecule has 114 valence electrons. The third-order valence-electron chi connectivity index (χ3n) is 3.12. The molecule has 0 aliphatic heterocycles. The lowest BCUT2D eigenvalue weighted by Gasteiger charge is -2.10. The molecule has 0 atom stereocenters. The molecule has 1 N–H and O–H groups in total. The van der Waals surface area contributed by atoms with Gasteiger partial charge in [0.25, 0.3) is 0 Å². The van der Waals surface area contributed by atoms with Crippen molar-refractivity contribution < 1.29 is 13.2 Å². The third-order valence-corrected chi connectivity index (χ3v) is 3.12. The average molecular weight is 307 g/mol. The van der Waals surface area contributed by atoms with Crippen LogP contribution in [-0.4, -0.2) is 19.5 Å². The third kappa shape index (κ3) is 2.72. The Morgan fingerprint density at radius 2 is 1.86 bits per heavy atom. The number of nitrogens with one attached hydrogen (secondary N) is 1. The molecule has 0 fully saturated rings. The minimum atomic E-state index is -4.58. The van der Waals surface area contributed by atoms with Gasteiger partial charge in [-0.25, -0.2) is 9.97 Å². The number of anilines is 1. The number of rotatable bonds is 3. The summed E-state index contributed by atoms with van der Waals surface area (Å²) in [6.45, 7) is 0.335. The average Bonchev–Trinajstić information content (AvgIpc) is 2.86. The Morgan fingerprint density at radius 1 is 1.14 bits per heavy atom. The standard InChI is InChI=1S/C14H12F3N5/c1-22-8-19-10-11(14(15,16)17)20-13(21-12(10)22)18-7-9-5-3-2-4-6-9/h2-6,8H,7H2,1H3,(H,18,20,21). The molecule has 0 spiro atoms. The van der Waals surface area contributed by atoms with Crippen LogP contribution in [0.5, 0.6) is 0 Å². The quantitative estimate of drug-likeness (QED) is 0.808. The molecule has 3 rings (SSSR count). The summed E-state index contributed by atoms with van der Waals surface area (Å²) in [5.74, 6) is -0.0766. The molecule has 0 saturated heterocycles. The Bertz CT molecular complexity index is 795. The molecule has 2 heterocycles. The number of alkyl halides is 3. The highest BCUT2D eigenvalue weighted by Crippen LogP contribution is 2.32. The van der Waals surface area contributed by atoms with E-state index in [1.165, 1.54) is 10.9 Å². The zero-order valence-electron chi connectivity index (χ0n) is 11.6. The van der Waals surface area contributed by atoms with E-state index in [1.54, 1.807) is 7.05 Å². The van der Waals surface area contributed by atoms with Gasteiger partial charge < -0.3 is 9.88 Å². The van der Waals surface area contributed by atoms with Gasteiger partial charge in [0.05, 0.1) is 6.33 Å². The Morgan fingerprint density at radius 3 is 2.55 bits per heavy atom. The Labute approximate surface area is 123 Å². The van der Waals surface area contributed by atoms with E-state index in [4.69, 9.17) is 0 Å². The van der Waals surface area contributed by atoms with Crippen LogP contribution >= 0.6 is 0 Å². The topological polar surface area (TPSA) is 55.6 Å². The van der Waals surface area contributed by atoms with Gasteiger partial charge in [0.15, 0.2) is 11.3 Å². The summed E-state index contributed by atoms with van der Waals surface area (Å²) in [6, 6.07) is 9.29. The van der Waals surface area contributed by atoms with Crippen molar-refractivity contribution in [1.29, 1.82) is 0 Å². The summed E-state index contributed by atoms with van der Waals surface area (Å²) in [7, 11) is 1.59. The van der Waals surface area contributed by atoms with Gasteiger partial charge in [-0.1, -0.05) is 30.3 Å². The molecule has 0 saturated carbocycles. The molecule has 8 heteroatoms. The molecule has 0 aliphatic carbocycles. The van der Waals surface area contributed by atoms with Gasteiger partial charge in [-0.3, -0.25) is 0 Å². The summed E-state index contributed by atoms with van der Waals surface area (Å²) in [6.07, 6.45) is -3.30. The molecule has 0 amide bonds. The smallest absolute Gasteiger partial charge is 0.350 e. The molecule has 1 aromatic carbocycles. The minimum absolute atomic E-state index is 0.0766. The maximum Gasteiger partial charge on any atom is 0.435 e. The van der Waals surface area contributed by atoms with E-state index in [0.29, 0.717) is 6.54 Å². The van der Waals surface area contributed by atoms with Crippen LogP contribution in [0.3, 0.4) is 0 Å². The molecule has 3 aromatic rings. The van der Waals surface area contributed by atoms with Gasteiger partial charge in [-0.15, -0.1) is 0 Å². The number of aromatic nitrogens is 4. The first-order chi connectivity index (χ1) is 10.4. The zero-order valence-corrected chi connectivity index (χ0v) is 11.6. The van der Waals surface area contributed by atoms with E-state index < -0.39 is 11.9 Å². The fourth-order valence-corrected chi connectivity index (χ4v) is 2.06. The van der Waals surface area contributed by atoms with Crippen LogP contribution in [0.15, 0.2) is 36.7 Å². The van der Waals surface area contributed by atoms with Crippen LogP contribution < -0.4 is 5.32 Å². The lowest BCUT2D eigenvalue weighted by Crippen LogP contribution is -2.13. The number of aryl methyl sites for hydroxylation is 1.